The fourth-order valence-electron chi connectivity index (χ4n) is 2.03. The highest BCUT2D eigenvalue weighted by molar-refractivity contribution is 4.68. The summed E-state index contributed by atoms with van der Waals surface area (Å²) in [5.74, 6) is 1.89. The first-order valence-corrected chi connectivity index (χ1v) is 8.41. The van der Waals surface area contributed by atoms with E-state index in [2.05, 4.69) is 29.8 Å². The van der Waals surface area contributed by atoms with Gasteiger partial charge in [-0.15, -0.1) is 0 Å². The third-order valence-electron chi connectivity index (χ3n) is 3.50. The molecule has 3 rings (SSSR count). The maximum Gasteiger partial charge on any atom is -0.00109 e. The largest absolute Gasteiger partial charge is 0.317 e. The standard InChI is InChI=1S/2C5H11N.C4H9N.C2H6/c1-5-2-3-6-4-5;1-2-4-6-5-3-1;1-4-2-5-3-4;1-2/h5-6H,2-4H2,1H3;6H,1-5H2;4-5H,2-3H2,1H3;1-2H3. The van der Waals surface area contributed by atoms with Crippen LogP contribution in [-0.4, -0.2) is 39.3 Å². The Labute approximate surface area is 121 Å². The van der Waals surface area contributed by atoms with Crippen molar-refractivity contribution in [3.8, 4) is 0 Å². The van der Waals surface area contributed by atoms with E-state index in [9.17, 15) is 0 Å². The summed E-state index contributed by atoms with van der Waals surface area (Å²) in [7, 11) is 0. The first-order chi connectivity index (χ1) is 9.29. The smallest absolute Gasteiger partial charge is 0.00109 e. The molecule has 3 heterocycles. The molecule has 0 aromatic carbocycles. The van der Waals surface area contributed by atoms with E-state index in [1.54, 1.807) is 0 Å². The van der Waals surface area contributed by atoms with Crippen LogP contribution in [0.1, 0.15) is 53.4 Å². The van der Waals surface area contributed by atoms with Gasteiger partial charge in [0.15, 0.2) is 0 Å². The summed E-state index contributed by atoms with van der Waals surface area (Å²) in [4.78, 5) is 0. The van der Waals surface area contributed by atoms with Crippen LogP contribution in [0.25, 0.3) is 0 Å². The molecule has 3 aliphatic heterocycles. The molecule has 0 spiro atoms. The van der Waals surface area contributed by atoms with Crippen molar-refractivity contribution >= 4 is 0 Å². The minimum atomic E-state index is 0.935. The molecular weight excluding hydrogens is 234 g/mol. The van der Waals surface area contributed by atoms with Crippen LogP contribution in [0.4, 0.5) is 0 Å². The second-order valence-corrected chi connectivity index (χ2v) is 5.67. The zero-order chi connectivity index (χ0) is 14.3. The van der Waals surface area contributed by atoms with E-state index in [1.807, 2.05) is 13.8 Å². The highest BCUT2D eigenvalue weighted by Crippen LogP contribution is 2.03. The van der Waals surface area contributed by atoms with Crippen molar-refractivity contribution in [3.63, 3.8) is 0 Å². The molecule has 3 saturated heterocycles. The van der Waals surface area contributed by atoms with Crippen molar-refractivity contribution in [2.45, 2.75) is 53.4 Å². The summed E-state index contributed by atoms with van der Waals surface area (Å²) in [6.07, 6.45) is 5.59. The van der Waals surface area contributed by atoms with Crippen LogP contribution < -0.4 is 16.0 Å². The molecule has 0 amide bonds. The van der Waals surface area contributed by atoms with Gasteiger partial charge in [0, 0.05) is 0 Å². The Morgan fingerprint density at radius 1 is 0.632 bits per heavy atom. The number of nitrogens with one attached hydrogen (secondary N) is 3. The number of hydrogen-bond acceptors (Lipinski definition) is 3. The lowest BCUT2D eigenvalue weighted by Gasteiger charge is -2.21. The first kappa shape index (κ1) is 18.9. The van der Waals surface area contributed by atoms with Gasteiger partial charge in [0.2, 0.25) is 0 Å². The average molecular weight is 271 g/mol. The van der Waals surface area contributed by atoms with E-state index < -0.39 is 0 Å². The van der Waals surface area contributed by atoms with Gasteiger partial charge >= 0.3 is 0 Å². The van der Waals surface area contributed by atoms with Gasteiger partial charge in [0.1, 0.15) is 0 Å². The summed E-state index contributed by atoms with van der Waals surface area (Å²) in [5, 5.41) is 9.72. The zero-order valence-electron chi connectivity index (χ0n) is 13.7. The fourth-order valence-corrected chi connectivity index (χ4v) is 2.03. The van der Waals surface area contributed by atoms with Crippen LogP contribution in [0.15, 0.2) is 0 Å². The monoisotopic (exact) mass is 271 g/mol. The predicted molar refractivity (Wildman–Crippen MR) is 86.8 cm³/mol. The minimum absolute atomic E-state index is 0.935. The molecule has 0 aromatic heterocycles. The molecule has 19 heavy (non-hydrogen) atoms. The van der Waals surface area contributed by atoms with Crippen molar-refractivity contribution in [1.82, 2.24) is 16.0 Å². The second kappa shape index (κ2) is 14.3. The quantitative estimate of drug-likeness (QED) is 0.634. The average Bonchev–Trinajstić information content (AvgIpc) is 2.93. The van der Waals surface area contributed by atoms with Gasteiger partial charge in [0.25, 0.3) is 0 Å². The van der Waals surface area contributed by atoms with E-state index in [0.717, 1.165) is 11.8 Å². The number of rotatable bonds is 0. The maximum absolute atomic E-state index is 3.28. The molecule has 0 radical (unpaired) electrons. The molecule has 1 atom stereocenters. The lowest BCUT2D eigenvalue weighted by atomic mass is 10.1. The Bertz CT molecular complexity index is 148. The van der Waals surface area contributed by atoms with E-state index in [1.165, 1.54) is 65.0 Å². The van der Waals surface area contributed by atoms with Gasteiger partial charge in [-0.1, -0.05) is 34.1 Å². The molecule has 0 bridgehead atoms. The summed E-state index contributed by atoms with van der Waals surface area (Å²) in [6, 6.07) is 0. The van der Waals surface area contributed by atoms with Crippen LogP contribution >= 0.6 is 0 Å². The molecule has 116 valence electrons. The SMILES string of the molecule is C1CCNCC1.CC.CC1CCNC1.CC1CNC1. The molecule has 0 aliphatic carbocycles. The highest BCUT2D eigenvalue weighted by Gasteiger charge is 2.07. The number of piperidine rings is 1. The van der Waals surface area contributed by atoms with E-state index in [0.29, 0.717) is 0 Å². The van der Waals surface area contributed by atoms with Gasteiger partial charge in [-0.3, -0.25) is 0 Å². The molecule has 3 N–H and O–H groups in total. The highest BCUT2D eigenvalue weighted by atomic mass is 14.9. The summed E-state index contributed by atoms with van der Waals surface area (Å²) >= 11 is 0. The third kappa shape index (κ3) is 12.6. The van der Waals surface area contributed by atoms with Crippen molar-refractivity contribution in [2.75, 3.05) is 39.3 Å². The van der Waals surface area contributed by atoms with Crippen LogP contribution in [0.5, 0.6) is 0 Å². The van der Waals surface area contributed by atoms with E-state index >= 15 is 0 Å². The first-order valence-electron chi connectivity index (χ1n) is 8.41. The lowest BCUT2D eigenvalue weighted by molar-refractivity contribution is 0.379. The van der Waals surface area contributed by atoms with Crippen LogP contribution in [0.2, 0.25) is 0 Å². The van der Waals surface area contributed by atoms with Crippen LogP contribution in [-0.2, 0) is 0 Å². The third-order valence-corrected chi connectivity index (χ3v) is 3.50. The Kier molecular flexibility index (Phi) is 14.2. The molecule has 3 aliphatic rings. The molecule has 3 heteroatoms. The van der Waals surface area contributed by atoms with E-state index in [4.69, 9.17) is 0 Å². The van der Waals surface area contributed by atoms with Crippen molar-refractivity contribution in [2.24, 2.45) is 11.8 Å². The van der Waals surface area contributed by atoms with Crippen molar-refractivity contribution < 1.29 is 0 Å². The Balaban J connectivity index is 0.000000241. The molecule has 3 nitrogen and oxygen atoms in total. The van der Waals surface area contributed by atoms with Crippen molar-refractivity contribution in [1.29, 1.82) is 0 Å². The second-order valence-electron chi connectivity index (χ2n) is 5.67. The van der Waals surface area contributed by atoms with Crippen LogP contribution in [0, 0.1) is 11.8 Å². The van der Waals surface area contributed by atoms with Gasteiger partial charge in [-0.2, -0.15) is 0 Å². The molecule has 0 aromatic rings. The molecule has 3 fully saturated rings. The van der Waals surface area contributed by atoms with Gasteiger partial charge in [-0.25, -0.2) is 0 Å². The maximum atomic E-state index is 3.28. The van der Waals surface area contributed by atoms with Gasteiger partial charge < -0.3 is 16.0 Å². The minimum Gasteiger partial charge on any atom is -0.317 e. The fraction of sp³-hybridized carbons (Fsp3) is 1.00. The normalized spacial score (nSPS) is 25.6. The van der Waals surface area contributed by atoms with Crippen LogP contribution in [0.3, 0.4) is 0 Å². The summed E-state index contributed by atoms with van der Waals surface area (Å²) in [6.45, 7) is 16.0. The summed E-state index contributed by atoms with van der Waals surface area (Å²) in [5.41, 5.74) is 0. The van der Waals surface area contributed by atoms with Crippen molar-refractivity contribution in [3.05, 3.63) is 0 Å². The summed E-state index contributed by atoms with van der Waals surface area (Å²) < 4.78 is 0. The predicted octanol–water partition coefficient (Wildman–Crippen LogP) is 2.63. The molecule has 0 saturated carbocycles. The molecule has 1 unspecified atom stereocenters. The Morgan fingerprint density at radius 2 is 1.21 bits per heavy atom. The zero-order valence-corrected chi connectivity index (χ0v) is 13.7. The van der Waals surface area contributed by atoms with Gasteiger partial charge in [-0.05, 0) is 70.4 Å². The molecular formula is C16H37N3. The Morgan fingerprint density at radius 3 is 1.32 bits per heavy atom. The van der Waals surface area contributed by atoms with Gasteiger partial charge in [0.05, 0.1) is 0 Å². The Hall–Kier alpha value is -0.120. The lowest BCUT2D eigenvalue weighted by Crippen LogP contribution is -2.39. The van der Waals surface area contributed by atoms with E-state index in [-0.39, 0.29) is 0 Å². The topological polar surface area (TPSA) is 36.1 Å². The number of hydrogen-bond donors (Lipinski definition) is 3.